The Morgan fingerprint density at radius 3 is 2.83 bits per heavy atom. The first kappa shape index (κ1) is 13.3. The van der Waals surface area contributed by atoms with E-state index in [0.29, 0.717) is 13.0 Å². The van der Waals surface area contributed by atoms with Crippen molar-refractivity contribution in [1.29, 1.82) is 0 Å². The zero-order valence-electron chi connectivity index (χ0n) is 10.8. The Bertz CT molecular complexity index is 333. The van der Waals surface area contributed by atoms with Gasteiger partial charge in [0.1, 0.15) is 5.60 Å². The van der Waals surface area contributed by atoms with Crippen molar-refractivity contribution in [1.82, 2.24) is 10.2 Å². The number of hydrogen-bond acceptors (Lipinski definition) is 4. The first-order valence-electron chi connectivity index (χ1n) is 6.47. The first-order valence-corrected chi connectivity index (χ1v) is 6.47. The van der Waals surface area contributed by atoms with Gasteiger partial charge >= 0.3 is 0 Å². The molecule has 6 heteroatoms. The van der Waals surface area contributed by atoms with Crippen LogP contribution in [0.1, 0.15) is 26.2 Å². The normalized spacial score (nSPS) is 31.5. The van der Waals surface area contributed by atoms with E-state index < -0.39 is 11.5 Å². The molecule has 2 saturated heterocycles. The topological polar surface area (TPSA) is 84.7 Å². The summed E-state index contributed by atoms with van der Waals surface area (Å²) in [6.07, 6.45) is 2.45. The van der Waals surface area contributed by atoms with Crippen LogP contribution in [0.4, 0.5) is 0 Å². The van der Waals surface area contributed by atoms with Crippen LogP contribution in [0.3, 0.4) is 0 Å². The van der Waals surface area contributed by atoms with Crippen molar-refractivity contribution in [3.05, 3.63) is 0 Å². The molecule has 18 heavy (non-hydrogen) atoms. The van der Waals surface area contributed by atoms with Crippen molar-refractivity contribution < 1.29 is 14.3 Å². The molecule has 2 aliphatic heterocycles. The van der Waals surface area contributed by atoms with Crippen molar-refractivity contribution >= 4 is 11.8 Å². The molecule has 0 saturated carbocycles. The monoisotopic (exact) mass is 255 g/mol. The van der Waals surface area contributed by atoms with Crippen LogP contribution in [0, 0.1) is 0 Å². The molecular weight excluding hydrogens is 234 g/mol. The number of hydrogen-bond donors (Lipinski definition) is 2. The van der Waals surface area contributed by atoms with Gasteiger partial charge in [0.15, 0.2) is 0 Å². The Hall–Kier alpha value is -1.14. The minimum Gasteiger partial charge on any atom is -0.368 e. The average molecular weight is 255 g/mol. The minimum atomic E-state index is -0.780. The third kappa shape index (κ3) is 2.64. The Kier molecular flexibility index (Phi) is 3.87. The number of rotatable bonds is 4. The Morgan fingerprint density at radius 2 is 2.33 bits per heavy atom. The molecule has 0 spiro atoms. The number of ether oxygens (including phenoxy) is 1. The standard InChI is InChI=1S/C12H21N3O3/c1-12(4-2-6-18-12)11(17)15(8-10(13)16)9-3-5-14-7-9/h9,14H,2-8H2,1H3,(H2,13,16). The third-order valence-corrected chi connectivity index (χ3v) is 3.73. The summed E-state index contributed by atoms with van der Waals surface area (Å²) in [5.74, 6) is -0.579. The van der Waals surface area contributed by atoms with Gasteiger partial charge in [-0.1, -0.05) is 0 Å². The maximum absolute atomic E-state index is 12.6. The van der Waals surface area contributed by atoms with Crippen molar-refractivity contribution in [2.75, 3.05) is 26.2 Å². The predicted octanol–water partition coefficient (Wildman–Crippen LogP) is -0.769. The molecule has 0 radical (unpaired) electrons. The van der Waals surface area contributed by atoms with Gasteiger partial charge in [0.05, 0.1) is 6.54 Å². The lowest BCUT2D eigenvalue weighted by Gasteiger charge is -2.34. The van der Waals surface area contributed by atoms with Crippen LogP contribution in [-0.4, -0.2) is 54.6 Å². The summed E-state index contributed by atoms with van der Waals surface area (Å²) in [7, 11) is 0. The Balaban J connectivity index is 2.11. The molecule has 2 fully saturated rings. The van der Waals surface area contributed by atoms with E-state index in [9.17, 15) is 9.59 Å². The van der Waals surface area contributed by atoms with Crippen molar-refractivity contribution in [2.45, 2.75) is 37.8 Å². The second-order valence-electron chi connectivity index (χ2n) is 5.23. The number of nitrogens with zero attached hydrogens (tertiary/aromatic N) is 1. The van der Waals surface area contributed by atoms with Gasteiger partial charge in [-0.05, 0) is 32.7 Å². The SMILES string of the molecule is CC1(C(=O)N(CC(N)=O)C2CCNC2)CCCO1. The average Bonchev–Trinajstić information content (AvgIpc) is 2.96. The van der Waals surface area contributed by atoms with Gasteiger partial charge in [-0.3, -0.25) is 9.59 Å². The lowest BCUT2D eigenvalue weighted by Crippen LogP contribution is -2.54. The summed E-state index contributed by atoms with van der Waals surface area (Å²) < 4.78 is 5.56. The molecule has 102 valence electrons. The van der Waals surface area contributed by atoms with Crippen LogP contribution in [0.2, 0.25) is 0 Å². The number of nitrogens with one attached hydrogen (secondary N) is 1. The van der Waals surface area contributed by atoms with E-state index in [2.05, 4.69) is 5.32 Å². The van der Waals surface area contributed by atoms with E-state index in [-0.39, 0.29) is 18.5 Å². The second kappa shape index (κ2) is 5.24. The summed E-state index contributed by atoms with van der Waals surface area (Å²) in [6.45, 7) is 3.97. The summed E-state index contributed by atoms with van der Waals surface area (Å²) in [5, 5.41) is 3.20. The number of primary amides is 1. The fourth-order valence-electron chi connectivity index (χ4n) is 2.69. The Labute approximate surface area is 107 Å². The highest BCUT2D eigenvalue weighted by atomic mass is 16.5. The second-order valence-corrected chi connectivity index (χ2v) is 5.23. The van der Waals surface area contributed by atoms with Crippen molar-refractivity contribution in [3.63, 3.8) is 0 Å². The maximum Gasteiger partial charge on any atom is 0.255 e. The van der Waals surface area contributed by atoms with Gasteiger partial charge in [-0.25, -0.2) is 0 Å². The van der Waals surface area contributed by atoms with Crippen LogP contribution in [0.25, 0.3) is 0 Å². The number of amides is 2. The number of nitrogens with two attached hydrogens (primary N) is 1. The van der Waals surface area contributed by atoms with Crippen LogP contribution < -0.4 is 11.1 Å². The van der Waals surface area contributed by atoms with Gasteiger partial charge < -0.3 is 20.7 Å². The van der Waals surface area contributed by atoms with Gasteiger partial charge in [-0.15, -0.1) is 0 Å². The zero-order chi connectivity index (χ0) is 13.2. The molecule has 2 heterocycles. The fourth-order valence-corrected chi connectivity index (χ4v) is 2.69. The summed E-state index contributed by atoms with van der Waals surface area (Å²) in [4.78, 5) is 25.3. The summed E-state index contributed by atoms with van der Waals surface area (Å²) in [6, 6.07) is 0.0472. The lowest BCUT2D eigenvalue weighted by atomic mass is 9.99. The molecule has 0 aromatic rings. The molecule has 0 aromatic heterocycles. The zero-order valence-corrected chi connectivity index (χ0v) is 10.8. The molecule has 2 rings (SSSR count). The smallest absolute Gasteiger partial charge is 0.255 e. The predicted molar refractivity (Wildman–Crippen MR) is 65.8 cm³/mol. The Morgan fingerprint density at radius 1 is 1.56 bits per heavy atom. The third-order valence-electron chi connectivity index (χ3n) is 3.73. The van der Waals surface area contributed by atoms with Crippen molar-refractivity contribution in [3.8, 4) is 0 Å². The van der Waals surface area contributed by atoms with Crippen LogP contribution in [-0.2, 0) is 14.3 Å². The molecule has 0 aliphatic carbocycles. The molecule has 3 N–H and O–H groups in total. The maximum atomic E-state index is 12.6. The van der Waals surface area contributed by atoms with Gasteiger partial charge in [-0.2, -0.15) is 0 Å². The molecule has 2 aliphatic rings. The highest BCUT2D eigenvalue weighted by Crippen LogP contribution is 2.28. The first-order chi connectivity index (χ1) is 8.53. The van der Waals surface area contributed by atoms with Crippen molar-refractivity contribution in [2.24, 2.45) is 5.73 Å². The highest BCUT2D eigenvalue weighted by molar-refractivity contribution is 5.89. The minimum absolute atomic E-state index is 0.0237. The largest absolute Gasteiger partial charge is 0.368 e. The molecule has 0 bridgehead atoms. The summed E-state index contributed by atoms with van der Waals surface area (Å²) in [5.41, 5.74) is 4.47. The molecule has 2 amide bonds. The summed E-state index contributed by atoms with van der Waals surface area (Å²) >= 11 is 0. The van der Waals surface area contributed by atoms with Gasteiger partial charge in [0.25, 0.3) is 5.91 Å². The van der Waals surface area contributed by atoms with E-state index >= 15 is 0 Å². The van der Waals surface area contributed by atoms with E-state index in [4.69, 9.17) is 10.5 Å². The van der Waals surface area contributed by atoms with E-state index in [1.807, 2.05) is 0 Å². The molecule has 2 atom stereocenters. The quantitative estimate of drug-likeness (QED) is 0.691. The number of carbonyl (C=O) groups excluding carboxylic acids is 2. The highest BCUT2D eigenvalue weighted by Gasteiger charge is 2.43. The van der Waals surface area contributed by atoms with Gasteiger partial charge in [0, 0.05) is 19.2 Å². The van der Waals surface area contributed by atoms with E-state index in [1.54, 1.807) is 11.8 Å². The van der Waals surface area contributed by atoms with Crippen LogP contribution in [0.5, 0.6) is 0 Å². The van der Waals surface area contributed by atoms with Crippen LogP contribution >= 0.6 is 0 Å². The lowest BCUT2D eigenvalue weighted by molar-refractivity contribution is -0.154. The van der Waals surface area contributed by atoms with E-state index in [0.717, 1.165) is 25.9 Å². The van der Waals surface area contributed by atoms with Gasteiger partial charge in [0.2, 0.25) is 5.91 Å². The molecule has 0 aromatic carbocycles. The molecule has 2 unspecified atom stereocenters. The van der Waals surface area contributed by atoms with E-state index in [1.165, 1.54) is 0 Å². The van der Waals surface area contributed by atoms with Crippen LogP contribution in [0.15, 0.2) is 0 Å². The fraction of sp³-hybridized carbons (Fsp3) is 0.833. The molecule has 6 nitrogen and oxygen atoms in total. The molecular formula is C12H21N3O3. The number of carbonyl (C=O) groups is 2.